The summed E-state index contributed by atoms with van der Waals surface area (Å²) in [4.78, 5) is 2.31. The van der Waals surface area contributed by atoms with Crippen LogP contribution in [0.4, 0.5) is 5.82 Å². The first-order chi connectivity index (χ1) is 10.1. The van der Waals surface area contributed by atoms with Gasteiger partial charge >= 0.3 is 0 Å². The molecule has 1 saturated carbocycles. The van der Waals surface area contributed by atoms with E-state index in [-0.39, 0.29) is 0 Å². The number of aromatic nitrogens is 2. The SMILES string of the molecule is CC(C)CNCc1ccc(N(C)C2CCCC(C)C2)nn1. The fourth-order valence-corrected chi connectivity index (χ4v) is 3.07. The molecule has 1 aliphatic carbocycles. The maximum Gasteiger partial charge on any atom is 0.151 e. The van der Waals surface area contributed by atoms with Crippen molar-refractivity contribution < 1.29 is 0 Å². The second-order valence-corrected chi connectivity index (χ2v) is 6.94. The average Bonchev–Trinajstić information content (AvgIpc) is 2.47. The molecule has 1 fully saturated rings. The zero-order valence-electron chi connectivity index (χ0n) is 14.0. The van der Waals surface area contributed by atoms with Crippen molar-refractivity contribution in [3.05, 3.63) is 17.8 Å². The smallest absolute Gasteiger partial charge is 0.151 e. The number of hydrogen-bond donors (Lipinski definition) is 1. The molecule has 21 heavy (non-hydrogen) atoms. The van der Waals surface area contributed by atoms with Gasteiger partial charge in [0, 0.05) is 19.6 Å². The summed E-state index contributed by atoms with van der Waals surface area (Å²) < 4.78 is 0. The lowest BCUT2D eigenvalue weighted by molar-refractivity contribution is 0.335. The van der Waals surface area contributed by atoms with Crippen molar-refractivity contribution in [1.82, 2.24) is 15.5 Å². The van der Waals surface area contributed by atoms with Crippen LogP contribution in [-0.4, -0.2) is 29.8 Å². The van der Waals surface area contributed by atoms with E-state index in [0.717, 1.165) is 30.5 Å². The summed E-state index contributed by atoms with van der Waals surface area (Å²) in [6.07, 6.45) is 5.26. The van der Waals surface area contributed by atoms with Gasteiger partial charge in [-0.1, -0.05) is 33.6 Å². The zero-order chi connectivity index (χ0) is 15.2. The molecular formula is C17H30N4. The van der Waals surface area contributed by atoms with Crippen LogP contribution in [0.15, 0.2) is 12.1 Å². The molecule has 4 heteroatoms. The molecule has 118 valence electrons. The van der Waals surface area contributed by atoms with Gasteiger partial charge in [0.1, 0.15) is 0 Å². The Morgan fingerprint density at radius 2 is 2.10 bits per heavy atom. The van der Waals surface area contributed by atoms with Crippen LogP contribution >= 0.6 is 0 Å². The molecule has 4 nitrogen and oxygen atoms in total. The minimum Gasteiger partial charge on any atom is -0.355 e. The molecule has 0 bridgehead atoms. The Morgan fingerprint density at radius 3 is 2.71 bits per heavy atom. The van der Waals surface area contributed by atoms with Crippen LogP contribution < -0.4 is 10.2 Å². The van der Waals surface area contributed by atoms with Gasteiger partial charge in [-0.05, 0) is 43.4 Å². The van der Waals surface area contributed by atoms with Gasteiger partial charge in [0.25, 0.3) is 0 Å². The molecule has 1 aromatic heterocycles. The van der Waals surface area contributed by atoms with Crippen LogP contribution in [-0.2, 0) is 6.54 Å². The monoisotopic (exact) mass is 290 g/mol. The van der Waals surface area contributed by atoms with E-state index < -0.39 is 0 Å². The fraction of sp³-hybridized carbons (Fsp3) is 0.765. The molecule has 1 heterocycles. The predicted octanol–water partition coefficient (Wildman–Crippen LogP) is 3.24. The van der Waals surface area contributed by atoms with Gasteiger partial charge < -0.3 is 10.2 Å². The highest BCUT2D eigenvalue weighted by atomic mass is 15.3. The van der Waals surface area contributed by atoms with E-state index in [9.17, 15) is 0 Å². The van der Waals surface area contributed by atoms with Crippen molar-refractivity contribution in [3.63, 3.8) is 0 Å². The summed E-state index contributed by atoms with van der Waals surface area (Å²) in [5, 5.41) is 12.2. The number of nitrogens with zero attached hydrogens (tertiary/aromatic N) is 3. The molecular weight excluding hydrogens is 260 g/mol. The largest absolute Gasteiger partial charge is 0.355 e. The van der Waals surface area contributed by atoms with Crippen LogP contribution in [0.2, 0.25) is 0 Å². The molecule has 1 aromatic rings. The van der Waals surface area contributed by atoms with Gasteiger partial charge in [-0.2, -0.15) is 5.10 Å². The highest BCUT2D eigenvalue weighted by Crippen LogP contribution is 2.28. The molecule has 0 radical (unpaired) electrons. The van der Waals surface area contributed by atoms with E-state index in [4.69, 9.17) is 0 Å². The molecule has 0 saturated heterocycles. The maximum absolute atomic E-state index is 4.41. The highest BCUT2D eigenvalue weighted by Gasteiger charge is 2.23. The Labute approximate surface area is 129 Å². The van der Waals surface area contributed by atoms with Gasteiger partial charge in [-0.25, -0.2) is 0 Å². The zero-order valence-corrected chi connectivity index (χ0v) is 14.0. The van der Waals surface area contributed by atoms with E-state index in [1.165, 1.54) is 25.7 Å². The van der Waals surface area contributed by atoms with Crippen LogP contribution in [0.3, 0.4) is 0 Å². The summed E-state index contributed by atoms with van der Waals surface area (Å²) in [5.41, 5.74) is 1.02. The first-order valence-corrected chi connectivity index (χ1v) is 8.32. The summed E-state index contributed by atoms with van der Waals surface area (Å²) in [7, 11) is 2.16. The van der Waals surface area contributed by atoms with Gasteiger partial charge in [0.05, 0.1) is 5.69 Å². The van der Waals surface area contributed by atoms with E-state index in [1.54, 1.807) is 0 Å². The number of anilines is 1. The Kier molecular flexibility index (Phi) is 5.97. The van der Waals surface area contributed by atoms with Crippen molar-refractivity contribution in [2.24, 2.45) is 11.8 Å². The van der Waals surface area contributed by atoms with Crippen LogP contribution in [0, 0.1) is 11.8 Å². The van der Waals surface area contributed by atoms with Crippen molar-refractivity contribution in [3.8, 4) is 0 Å². The summed E-state index contributed by atoms with van der Waals surface area (Å²) in [6.45, 7) is 8.60. The van der Waals surface area contributed by atoms with Gasteiger partial charge in [-0.15, -0.1) is 5.10 Å². The van der Waals surface area contributed by atoms with E-state index in [0.29, 0.717) is 12.0 Å². The van der Waals surface area contributed by atoms with Gasteiger partial charge in [-0.3, -0.25) is 0 Å². The lowest BCUT2D eigenvalue weighted by atomic mass is 9.86. The molecule has 2 rings (SSSR count). The van der Waals surface area contributed by atoms with Crippen LogP contribution in [0.5, 0.6) is 0 Å². The molecule has 1 N–H and O–H groups in total. The van der Waals surface area contributed by atoms with Crippen molar-refractivity contribution >= 4 is 5.82 Å². The third-order valence-corrected chi connectivity index (χ3v) is 4.38. The molecule has 0 amide bonds. The molecule has 0 spiro atoms. The molecule has 0 aliphatic heterocycles. The third-order valence-electron chi connectivity index (χ3n) is 4.38. The van der Waals surface area contributed by atoms with Crippen LogP contribution in [0.25, 0.3) is 0 Å². The second kappa shape index (κ2) is 7.74. The molecule has 2 unspecified atom stereocenters. The predicted molar refractivity (Wildman–Crippen MR) is 88.4 cm³/mol. The van der Waals surface area contributed by atoms with Crippen molar-refractivity contribution in [1.29, 1.82) is 0 Å². The topological polar surface area (TPSA) is 41.0 Å². The molecule has 2 atom stereocenters. The van der Waals surface area contributed by atoms with E-state index in [2.05, 4.69) is 60.4 Å². The molecule has 0 aromatic carbocycles. The maximum atomic E-state index is 4.41. The molecule has 1 aliphatic rings. The average molecular weight is 290 g/mol. The second-order valence-electron chi connectivity index (χ2n) is 6.94. The van der Waals surface area contributed by atoms with E-state index >= 15 is 0 Å². The Morgan fingerprint density at radius 1 is 1.29 bits per heavy atom. The minimum absolute atomic E-state index is 0.618. The van der Waals surface area contributed by atoms with Crippen molar-refractivity contribution in [2.75, 3.05) is 18.5 Å². The number of hydrogen-bond acceptors (Lipinski definition) is 4. The summed E-state index contributed by atoms with van der Waals surface area (Å²) in [6, 6.07) is 4.82. The Bertz CT molecular complexity index is 415. The lowest BCUT2D eigenvalue weighted by Crippen LogP contribution is -2.36. The van der Waals surface area contributed by atoms with E-state index in [1.807, 2.05) is 0 Å². The quantitative estimate of drug-likeness (QED) is 0.873. The highest BCUT2D eigenvalue weighted by molar-refractivity contribution is 5.37. The first-order valence-electron chi connectivity index (χ1n) is 8.32. The normalized spacial score (nSPS) is 22.5. The first kappa shape index (κ1) is 16.2. The van der Waals surface area contributed by atoms with Crippen molar-refractivity contribution in [2.45, 2.75) is 59.0 Å². The summed E-state index contributed by atoms with van der Waals surface area (Å²) >= 11 is 0. The number of nitrogens with one attached hydrogen (secondary N) is 1. The fourth-order valence-electron chi connectivity index (χ4n) is 3.07. The van der Waals surface area contributed by atoms with Gasteiger partial charge in [0.2, 0.25) is 0 Å². The minimum atomic E-state index is 0.618. The number of rotatable bonds is 6. The third kappa shape index (κ3) is 4.95. The Hall–Kier alpha value is -1.16. The Balaban J connectivity index is 1.88. The lowest BCUT2D eigenvalue weighted by Gasteiger charge is -2.34. The standard InChI is InChI=1S/C17H30N4/c1-13(2)11-18-12-15-8-9-17(20-19-15)21(4)16-7-5-6-14(3)10-16/h8-9,13-14,16,18H,5-7,10-12H2,1-4H3. The van der Waals surface area contributed by atoms with Crippen LogP contribution in [0.1, 0.15) is 52.1 Å². The summed E-state index contributed by atoms with van der Waals surface area (Å²) in [5.74, 6) is 2.50. The van der Waals surface area contributed by atoms with Gasteiger partial charge in [0.15, 0.2) is 5.82 Å².